The molecule has 2 nitrogen and oxygen atoms in total. The average Bonchev–Trinajstić information content (AvgIpc) is 2.49. The Kier molecular flexibility index (Phi) is 14.5. The fraction of sp³-hybridized carbons (Fsp3) is 0.632. The molecular weight excluding hydrogens is 300 g/mol. The van der Waals surface area contributed by atoms with E-state index in [9.17, 15) is 4.79 Å². The maximum absolute atomic E-state index is 11.1. The largest absolute Gasteiger partial charge is 2.00 e. The van der Waals surface area contributed by atoms with Crippen molar-refractivity contribution in [1.29, 1.82) is 0 Å². The van der Waals surface area contributed by atoms with Gasteiger partial charge in [-0.3, -0.25) is 0 Å². The molecule has 0 bridgehead atoms. The zero-order chi connectivity index (χ0) is 15.3. The van der Waals surface area contributed by atoms with Crippen LogP contribution < -0.4 is 0 Å². The van der Waals surface area contributed by atoms with Gasteiger partial charge in [-0.1, -0.05) is 82.9 Å². The van der Waals surface area contributed by atoms with Crippen LogP contribution in [0.2, 0.25) is 0 Å². The average molecular weight is 333 g/mol. The van der Waals surface area contributed by atoms with Crippen LogP contribution in [0.5, 0.6) is 0 Å². The van der Waals surface area contributed by atoms with E-state index in [0.29, 0.717) is 5.56 Å². The van der Waals surface area contributed by atoms with Gasteiger partial charge in [0.2, 0.25) is 0 Å². The molecule has 3 heteroatoms. The van der Waals surface area contributed by atoms with Crippen LogP contribution in [0.4, 0.5) is 0 Å². The van der Waals surface area contributed by atoms with E-state index in [0.717, 1.165) is 18.4 Å². The van der Waals surface area contributed by atoms with Gasteiger partial charge in [0.05, 0.1) is 5.56 Å². The van der Waals surface area contributed by atoms with Crippen LogP contribution in [0, 0.1) is 0 Å². The van der Waals surface area contributed by atoms with Crippen molar-refractivity contribution in [1.82, 2.24) is 0 Å². The summed E-state index contributed by atoms with van der Waals surface area (Å²) in [6.07, 6.45) is 14.0. The van der Waals surface area contributed by atoms with E-state index in [2.05, 4.69) is 6.92 Å². The van der Waals surface area contributed by atoms with Crippen molar-refractivity contribution in [2.75, 3.05) is 0 Å². The summed E-state index contributed by atoms with van der Waals surface area (Å²) in [7, 11) is 0. The van der Waals surface area contributed by atoms with Crippen molar-refractivity contribution in [2.45, 2.75) is 77.6 Å². The number of carbonyl (C=O) groups is 1. The van der Waals surface area contributed by atoms with E-state index >= 15 is 0 Å². The first-order valence-electron chi connectivity index (χ1n) is 8.57. The molecule has 22 heavy (non-hydrogen) atoms. The predicted molar refractivity (Wildman–Crippen MR) is 96.9 cm³/mol. The number of benzene rings is 1. The summed E-state index contributed by atoms with van der Waals surface area (Å²) in [6.45, 7) is 2.25. The number of carboxylic acids is 1. The van der Waals surface area contributed by atoms with Crippen molar-refractivity contribution in [2.24, 2.45) is 0 Å². The van der Waals surface area contributed by atoms with Crippen LogP contribution in [0.15, 0.2) is 24.3 Å². The van der Waals surface area contributed by atoms with Crippen LogP contribution in [-0.2, 0) is 6.42 Å². The Labute approximate surface area is 168 Å². The Morgan fingerprint density at radius 3 is 1.95 bits per heavy atom. The first kappa shape index (κ1) is 21.9. The molecule has 0 amide bonds. The molecule has 122 valence electrons. The van der Waals surface area contributed by atoms with E-state index in [1.807, 2.05) is 12.1 Å². The van der Waals surface area contributed by atoms with E-state index in [4.69, 9.17) is 5.11 Å². The summed E-state index contributed by atoms with van der Waals surface area (Å²) in [5, 5.41) is 9.13. The summed E-state index contributed by atoms with van der Waals surface area (Å²) in [5.41, 5.74) is 1.44. The molecule has 0 fully saturated rings. The minimum Gasteiger partial charge on any atom is -1.00 e. The van der Waals surface area contributed by atoms with E-state index < -0.39 is 5.97 Å². The molecular formula is C19H32CaO2. The number of hydrogen-bond donors (Lipinski definition) is 1. The Balaban J connectivity index is -0.00000147. The number of rotatable bonds is 12. The monoisotopic (exact) mass is 332 g/mol. The van der Waals surface area contributed by atoms with Crippen LogP contribution in [0.25, 0.3) is 0 Å². The number of unbranched alkanes of at least 4 members (excludes halogenated alkanes) is 9. The van der Waals surface area contributed by atoms with Crippen LogP contribution >= 0.6 is 0 Å². The van der Waals surface area contributed by atoms with E-state index in [1.54, 1.807) is 12.1 Å². The van der Waals surface area contributed by atoms with Crippen LogP contribution in [-0.4, -0.2) is 48.8 Å². The maximum atomic E-state index is 11.1. The van der Waals surface area contributed by atoms with Crippen LogP contribution in [0.1, 0.15) is 89.9 Å². The Morgan fingerprint density at radius 2 is 1.41 bits per heavy atom. The fourth-order valence-corrected chi connectivity index (χ4v) is 2.75. The van der Waals surface area contributed by atoms with Crippen molar-refractivity contribution in [3.8, 4) is 0 Å². The standard InChI is InChI=1S/C19H30O2.Ca.2H/c1-2-3-4-5-6-7-8-9-10-11-14-17-15-12-13-16-18(17)19(20)21;;;/h12-13,15-16H,2-11,14H2,1H3,(H,20,21);;;/q;+2;2*-1. The van der Waals surface area contributed by atoms with Crippen molar-refractivity contribution < 1.29 is 12.8 Å². The molecule has 0 saturated heterocycles. The number of aromatic carboxylic acids is 1. The summed E-state index contributed by atoms with van der Waals surface area (Å²) < 4.78 is 0. The molecule has 1 N–H and O–H groups in total. The molecule has 0 radical (unpaired) electrons. The molecule has 0 aliphatic rings. The third-order valence-electron chi connectivity index (χ3n) is 4.05. The van der Waals surface area contributed by atoms with E-state index in [1.165, 1.54) is 57.8 Å². The first-order chi connectivity index (χ1) is 10.3. The molecule has 0 spiro atoms. The molecule has 0 heterocycles. The number of aryl methyl sites for hydroxylation is 1. The van der Waals surface area contributed by atoms with Gasteiger partial charge in [0.25, 0.3) is 0 Å². The normalized spacial score (nSPS) is 10.2. The molecule has 0 atom stereocenters. The molecule has 1 aromatic rings. The van der Waals surface area contributed by atoms with Gasteiger partial charge in [-0.2, -0.15) is 0 Å². The second-order valence-corrected chi connectivity index (χ2v) is 5.89. The topological polar surface area (TPSA) is 37.3 Å². The van der Waals surface area contributed by atoms with Crippen LogP contribution in [0.3, 0.4) is 0 Å². The molecule has 0 aliphatic carbocycles. The molecule has 0 unspecified atom stereocenters. The summed E-state index contributed by atoms with van der Waals surface area (Å²) in [6, 6.07) is 7.37. The van der Waals surface area contributed by atoms with Gasteiger partial charge in [0.1, 0.15) is 0 Å². The zero-order valence-electron chi connectivity index (χ0n) is 16.2. The maximum Gasteiger partial charge on any atom is 2.00 e. The molecule has 0 aromatic heterocycles. The van der Waals surface area contributed by atoms with Crippen molar-refractivity contribution in [3.05, 3.63) is 35.4 Å². The quantitative estimate of drug-likeness (QED) is 0.394. The third kappa shape index (κ3) is 9.86. The Morgan fingerprint density at radius 1 is 0.909 bits per heavy atom. The molecule has 0 aliphatic heterocycles. The molecule has 1 rings (SSSR count). The van der Waals surface area contributed by atoms with Gasteiger partial charge in [0.15, 0.2) is 0 Å². The van der Waals surface area contributed by atoms with Gasteiger partial charge in [-0.05, 0) is 24.5 Å². The van der Waals surface area contributed by atoms with Gasteiger partial charge in [0, 0.05) is 0 Å². The Bertz CT molecular complexity index is 414. The number of carboxylic acid groups (broad SMARTS) is 1. The Hall–Kier alpha value is -0.0503. The van der Waals surface area contributed by atoms with Gasteiger partial charge < -0.3 is 7.96 Å². The first-order valence-corrected chi connectivity index (χ1v) is 8.57. The summed E-state index contributed by atoms with van der Waals surface area (Å²) in [4.78, 5) is 11.1. The van der Waals surface area contributed by atoms with Gasteiger partial charge in [-0.15, -0.1) is 0 Å². The zero-order valence-corrected chi connectivity index (χ0v) is 16.4. The smallest absolute Gasteiger partial charge is 1.00 e. The molecule has 1 aromatic carbocycles. The second kappa shape index (κ2) is 14.5. The second-order valence-electron chi connectivity index (χ2n) is 5.89. The summed E-state index contributed by atoms with van der Waals surface area (Å²) >= 11 is 0. The van der Waals surface area contributed by atoms with E-state index in [-0.39, 0.29) is 40.6 Å². The SMILES string of the molecule is CCCCCCCCCCCCc1ccccc1C(=O)O.[Ca+2].[H-].[H-]. The predicted octanol–water partition coefficient (Wildman–Crippen LogP) is 5.69. The molecule has 0 saturated carbocycles. The van der Waals surface area contributed by atoms with Gasteiger partial charge in [-0.25, -0.2) is 4.79 Å². The number of hydrogen-bond acceptors (Lipinski definition) is 1. The minimum absolute atomic E-state index is 0. The summed E-state index contributed by atoms with van der Waals surface area (Å²) in [5.74, 6) is -0.808. The fourth-order valence-electron chi connectivity index (χ4n) is 2.75. The van der Waals surface area contributed by atoms with Crippen molar-refractivity contribution in [3.63, 3.8) is 0 Å². The third-order valence-corrected chi connectivity index (χ3v) is 4.05. The minimum atomic E-state index is -0.808. The van der Waals surface area contributed by atoms with Crippen molar-refractivity contribution >= 4 is 43.7 Å². The van der Waals surface area contributed by atoms with Gasteiger partial charge >= 0.3 is 43.7 Å².